The van der Waals surface area contributed by atoms with E-state index in [4.69, 9.17) is 0 Å². The predicted molar refractivity (Wildman–Crippen MR) is 49.5 cm³/mol. The van der Waals surface area contributed by atoms with E-state index in [1.165, 1.54) is 5.70 Å². The molecule has 0 aromatic heterocycles. The van der Waals surface area contributed by atoms with Crippen molar-refractivity contribution in [3.05, 3.63) is 42.1 Å². The minimum atomic E-state index is 1.14. The smallest absolute Gasteiger partial charge is 0.0381 e. The van der Waals surface area contributed by atoms with Gasteiger partial charge in [-0.25, -0.2) is 0 Å². The number of rotatable bonds is 2. The Bertz CT molecular complexity index is 236. The van der Waals surface area contributed by atoms with Crippen molar-refractivity contribution in [1.82, 2.24) is 0 Å². The van der Waals surface area contributed by atoms with Gasteiger partial charge in [0.25, 0.3) is 0 Å². The van der Waals surface area contributed by atoms with E-state index in [9.17, 15) is 0 Å². The summed E-state index contributed by atoms with van der Waals surface area (Å²) in [5.74, 6) is 0. The van der Waals surface area contributed by atoms with Gasteiger partial charge in [-0.05, 0) is 26.0 Å². The van der Waals surface area contributed by atoms with Crippen LogP contribution in [0.1, 0.15) is 13.8 Å². The van der Waals surface area contributed by atoms with Crippen molar-refractivity contribution in [2.24, 2.45) is 0 Å². The molecule has 1 N–H and O–H groups in total. The SMILES string of the molecule is CC=C(C)Nc1ccccc1. The molecule has 0 amide bonds. The number of anilines is 1. The average molecular weight is 147 g/mol. The van der Waals surface area contributed by atoms with Gasteiger partial charge in [-0.3, -0.25) is 0 Å². The van der Waals surface area contributed by atoms with Crippen LogP contribution in [-0.2, 0) is 0 Å². The first-order valence-electron chi connectivity index (χ1n) is 3.78. The first-order valence-corrected chi connectivity index (χ1v) is 3.78. The Hall–Kier alpha value is -1.24. The van der Waals surface area contributed by atoms with Gasteiger partial charge in [0, 0.05) is 11.4 Å². The minimum Gasteiger partial charge on any atom is -0.359 e. The van der Waals surface area contributed by atoms with Crippen molar-refractivity contribution in [3.8, 4) is 0 Å². The highest BCUT2D eigenvalue weighted by atomic mass is 14.9. The third kappa shape index (κ3) is 2.46. The van der Waals surface area contributed by atoms with Gasteiger partial charge in [0.05, 0.1) is 0 Å². The highest BCUT2D eigenvalue weighted by Gasteiger charge is 1.87. The maximum absolute atomic E-state index is 3.25. The molecule has 0 atom stereocenters. The van der Waals surface area contributed by atoms with Crippen LogP contribution in [0.5, 0.6) is 0 Å². The molecule has 0 fully saturated rings. The molecule has 0 aliphatic heterocycles. The summed E-state index contributed by atoms with van der Waals surface area (Å²) in [7, 11) is 0. The lowest BCUT2D eigenvalue weighted by atomic mass is 10.3. The van der Waals surface area contributed by atoms with Gasteiger partial charge < -0.3 is 5.32 Å². The summed E-state index contributed by atoms with van der Waals surface area (Å²) in [4.78, 5) is 0. The van der Waals surface area contributed by atoms with Crippen LogP contribution in [0.15, 0.2) is 42.1 Å². The maximum atomic E-state index is 3.25. The van der Waals surface area contributed by atoms with Gasteiger partial charge in [0.2, 0.25) is 0 Å². The number of allylic oxidation sites excluding steroid dienone is 2. The van der Waals surface area contributed by atoms with Crippen molar-refractivity contribution < 1.29 is 0 Å². The third-order valence-corrected chi connectivity index (χ3v) is 1.55. The van der Waals surface area contributed by atoms with E-state index in [0.29, 0.717) is 0 Å². The second kappa shape index (κ2) is 3.81. The Morgan fingerprint density at radius 3 is 2.45 bits per heavy atom. The lowest BCUT2D eigenvalue weighted by Crippen LogP contribution is -1.93. The van der Waals surface area contributed by atoms with Crippen molar-refractivity contribution in [2.45, 2.75) is 13.8 Å². The quantitative estimate of drug-likeness (QED) is 0.678. The zero-order valence-corrected chi connectivity index (χ0v) is 6.96. The van der Waals surface area contributed by atoms with Crippen molar-refractivity contribution >= 4 is 5.69 Å². The second-order valence-electron chi connectivity index (χ2n) is 2.46. The van der Waals surface area contributed by atoms with Crippen molar-refractivity contribution in [2.75, 3.05) is 5.32 Å². The highest BCUT2D eigenvalue weighted by Crippen LogP contribution is 2.07. The summed E-state index contributed by atoms with van der Waals surface area (Å²) < 4.78 is 0. The molecule has 0 unspecified atom stereocenters. The molecule has 0 saturated heterocycles. The number of nitrogens with one attached hydrogen (secondary N) is 1. The van der Waals surface area contributed by atoms with Crippen LogP contribution < -0.4 is 5.32 Å². The fourth-order valence-electron chi connectivity index (χ4n) is 0.821. The fourth-order valence-corrected chi connectivity index (χ4v) is 0.821. The molecule has 1 rings (SSSR count). The molecule has 0 aliphatic carbocycles. The van der Waals surface area contributed by atoms with E-state index < -0.39 is 0 Å². The van der Waals surface area contributed by atoms with Gasteiger partial charge >= 0.3 is 0 Å². The Labute approximate surface area is 67.8 Å². The van der Waals surface area contributed by atoms with Crippen LogP contribution in [0.2, 0.25) is 0 Å². The highest BCUT2D eigenvalue weighted by molar-refractivity contribution is 5.47. The normalized spacial score (nSPS) is 11.3. The van der Waals surface area contributed by atoms with E-state index >= 15 is 0 Å². The molecule has 0 spiro atoms. The molecule has 11 heavy (non-hydrogen) atoms. The first-order chi connectivity index (χ1) is 5.33. The summed E-state index contributed by atoms with van der Waals surface area (Å²) >= 11 is 0. The Morgan fingerprint density at radius 1 is 1.27 bits per heavy atom. The van der Waals surface area contributed by atoms with Crippen LogP contribution >= 0.6 is 0 Å². The van der Waals surface area contributed by atoms with Crippen LogP contribution in [0.3, 0.4) is 0 Å². The van der Waals surface area contributed by atoms with Crippen molar-refractivity contribution in [3.63, 3.8) is 0 Å². The summed E-state index contributed by atoms with van der Waals surface area (Å²) in [6.45, 7) is 4.07. The van der Waals surface area contributed by atoms with E-state index in [2.05, 4.69) is 5.32 Å². The molecule has 0 saturated carbocycles. The van der Waals surface area contributed by atoms with Gasteiger partial charge in [-0.1, -0.05) is 24.3 Å². The summed E-state index contributed by atoms with van der Waals surface area (Å²) in [5.41, 5.74) is 2.32. The third-order valence-electron chi connectivity index (χ3n) is 1.55. The number of hydrogen-bond donors (Lipinski definition) is 1. The molecule has 0 aliphatic rings. The average Bonchev–Trinajstić information content (AvgIpc) is 2.06. The molecule has 1 nitrogen and oxygen atoms in total. The predicted octanol–water partition coefficient (Wildman–Crippen LogP) is 3.02. The second-order valence-corrected chi connectivity index (χ2v) is 2.46. The van der Waals surface area contributed by atoms with Gasteiger partial charge in [-0.2, -0.15) is 0 Å². The van der Waals surface area contributed by atoms with Crippen LogP contribution in [0, 0.1) is 0 Å². The topological polar surface area (TPSA) is 12.0 Å². The largest absolute Gasteiger partial charge is 0.359 e. The Kier molecular flexibility index (Phi) is 2.73. The minimum absolute atomic E-state index is 1.14. The molecular formula is C10H13N. The van der Waals surface area contributed by atoms with Crippen molar-refractivity contribution in [1.29, 1.82) is 0 Å². The Morgan fingerprint density at radius 2 is 1.91 bits per heavy atom. The van der Waals surface area contributed by atoms with Gasteiger partial charge in [0.15, 0.2) is 0 Å². The molecule has 0 bridgehead atoms. The summed E-state index contributed by atoms with van der Waals surface area (Å²) in [6, 6.07) is 10.1. The lowest BCUT2D eigenvalue weighted by Gasteiger charge is -2.04. The van der Waals surface area contributed by atoms with E-state index in [0.717, 1.165) is 5.69 Å². The number of benzene rings is 1. The lowest BCUT2D eigenvalue weighted by molar-refractivity contribution is 1.35. The zero-order chi connectivity index (χ0) is 8.10. The summed E-state index contributed by atoms with van der Waals surface area (Å²) in [6.07, 6.45) is 2.05. The maximum Gasteiger partial charge on any atom is 0.0381 e. The fraction of sp³-hybridized carbons (Fsp3) is 0.200. The molecule has 1 aromatic carbocycles. The Balaban J connectivity index is 2.65. The van der Waals surface area contributed by atoms with Crippen LogP contribution in [-0.4, -0.2) is 0 Å². The number of para-hydroxylation sites is 1. The van der Waals surface area contributed by atoms with Crippen LogP contribution in [0.4, 0.5) is 5.69 Å². The molecule has 1 heteroatoms. The molecule has 1 aromatic rings. The van der Waals surface area contributed by atoms with E-state index in [1.807, 2.05) is 50.3 Å². The van der Waals surface area contributed by atoms with Gasteiger partial charge in [-0.15, -0.1) is 0 Å². The molecule has 0 radical (unpaired) electrons. The van der Waals surface area contributed by atoms with Crippen LogP contribution in [0.25, 0.3) is 0 Å². The number of hydrogen-bond acceptors (Lipinski definition) is 1. The molecule has 0 heterocycles. The zero-order valence-electron chi connectivity index (χ0n) is 6.96. The van der Waals surface area contributed by atoms with E-state index in [1.54, 1.807) is 0 Å². The molecule has 58 valence electrons. The monoisotopic (exact) mass is 147 g/mol. The first kappa shape index (κ1) is 7.86. The molecular weight excluding hydrogens is 134 g/mol. The van der Waals surface area contributed by atoms with Gasteiger partial charge in [0.1, 0.15) is 0 Å². The standard InChI is InChI=1S/C10H13N/c1-3-9(2)11-10-7-5-4-6-8-10/h3-8,11H,1-2H3. The summed E-state index contributed by atoms with van der Waals surface area (Å²) in [5, 5.41) is 3.25. The van der Waals surface area contributed by atoms with E-state index in [-0.39, 0.29) is 0 Å².